The van der Waals surface area contributed by atoms with Gasteiger partial charge in [0, 0.05) is 28.1 Å². The number of nitrogens with zero attached hydrogens (tertiary/aromatic N) is 2. The molecule has 7 heteroatoms. The van der Waals surface area contributed by atoms with Gasteiger partial charge < -0.3 is 11.1 Å². The molecule has 0 saturated carbocycles. The van der Waals surface area contributed by atoms with Crippen LogP contribution < -0.4 is 11.1 Å². The molecule has 4 nitrogen and oxygen atoms in total. The number of aromatic nitrogens is 2. The third kappa shape index (κ3) is 2.67. The van der Waals surface area contributed by atoms with Gasteiger partial charge in [0.25, 0.3) is 0 Å². The second kappa shape index (κ2) is 4.75. The van der Waals surface area contributed by atoms with Crippen molar-refractivity contribution < 1.29 is 4.39 Å². The predicted molar refractivity (Wildman–Crippen MR) is 65.7 cm³/mol. The number of rotatable bonds is 3. The largest absolute Gasteiger partial charge is 0.367 e. The molecule has 1 aromatic heterocycles. The Morgan fingerprint density at radius 3 is 3.00 bits per heavy atom. The van der Waals surface area contributed by atoms with Gasteiger partial charge >= 0.3 is 0 Å². The Labute approximate surface area is 104 Å². The van der Waals surface area contributed by atoms with Gasteiger partial charge in [-0.25, -0.2) is 4.39 Å². The molecule has 0 aliphatic carbocycles. The van der Waals surface area contributed by atoms with Crippen molar-refractivity contribution in [3.63, 3.8) is 0 Å². The minimum Gasteiger partial charge on any atom is -0.367 e. The SMILES string of the molecule is Nc1nsc(NCc2cc(Br)ccc2F)n1. The van der Waals surface area contributed by atoms with Gasteiger partial charge in [-0.2, -0.15) is 9.36 Å². The van der Waals surface area contributed by atoms with Crippen LogP contribution in [-0.2, 0) is 6.54 Å². The van der Waals surface area contributed by atoms with E-state index in [1.807, 2.05) is 0 Å². The molecule has 1 heterocycles. The van der Waals surface area contributed by atoms with Gasteiger partial charge in [-0.3, -0.25) is 0 Å². The smallest absolute Gasteiger partial charge is 0.233 e. The molecule has 0 amide bonds. The normalized spacial score (nSPS) is 10.4. The summed E-state index contributed by atoms with van der Waals surface area (Å²) in [5.41, 5.74) is 5.93. The van der Waals surface area contributed by atoms with Crippen LogP contribution in [0.25, 0.3) is 0 Å². The number of halogens is 2. The fraction of sp³-hybridized carbons (Fsp3) is 0.111. The number of benzene rings is 1. The number of anilines is 2. The van der Waals surface area contributed by atoms with Gasteiger partial charge in [-0.05, 0) is 18.2 Å². The fourth-order valence-electron chi connectivity index (χ4n) is 1.16. The standard InChI is InChI=1S/C9H8BrFN4S/c10-6-1-2-7(11)5(3-6)4-13-9-14-8(12)15-16-9/h1-3H,4H2,(H3,12,13,14,15). The summed E-state index contributed by atoms with van der Waals surface area (Å²) in [5.74, 6) is -0.0320. The Bertz CT molecular complexity index is 502. The van der Waals surface area contributed by atoms with E-state index in [1.54, 1.807) is 12.1 Å². The van der Waals surface area contributed by atoms with E-state index >= 15 is 0 Å². The molecule has 0 fully saturated rings. The Morgan fingerprint density at radius 2 is 2.31 bits per heavy atom. The van der Waals surface area contributed by atoms with E-state index in [0.717, 1.165) is 16.0 Å². The number of nitrogen functional groups attached to an aromatic ring is 1. The van der Waals surface area contributed by atoms with Gasteiger partial charge in [0.15, 0.2) is 0 Å². The Kier molecular flexibility index (Phi) is 3.35. The van der Waals surface area contributed by atoms with Gasteiger partial charge in [-0.1, -0.05) is 15.9 Å². The molecule has 0 radical (unpaired) electrons. The zero-order valence-electron chi connectivity index (χ0n) is 8.08. The summed E-state index contributed by atoms with van der Waals surface area (Å²) >= 11 is 4.43. The minimum absolute atomic E-state index is 0.224. The molecule has 0 unspecified atom stereocenters. The van der Waals surface area contributed by atoms with Crippen LogP contribution in [-0.4, -0.2) is 9.36 Å². The molecular formula is C9H8BrFN4S. The quantitative estimate of drug-likeness (QED) is 0.915. The summed E-state index contributed by atoms with van der Waals surface area (Å²) in [6.45, 7) is 0.347. The van der Waals surface area contributed by atoms with Crippen molar-refractivity contribution in [2.24, 2.45) is 0 Å². The lowest BCUT2D eigenvalue weighted by Crippen LogP contribution is -2.01. The maximum atomic E-state index is 13.4. The molecular weight excluding hydrogens is 295 g/mol. The van der Waals surface area contributed by atoms with Crippen molar-refractivity contribution in [3.05, 3.63) is 34.1 Å². The molecule has 0 aliphatic heterocycles. The summed E-state index contributed by atoms with van der Waals surface area (Å²) in [6, 6.07) is 4.78. The van der Waals surface area contributed by atoms with Crippen molar-refractivity contribution in [3.8, 4) is 0 Å². The van der Waals surface area contributed by atoms with Crippen LogP contribution >= 0.6 is 27.5 Å². The molecule has 0 spiro atoms. The van der Waals surface area contributed by atoms with E-state index in [4.69, 9.17) is 5.73 Å². The monoisotopic (exact) mass is 302 g/mol. The van der Waals surface area contributed by atoms with Crippen molar-refractivity contribution >= 4 is 38.5 Å². The second-order valence-corrected chi connectivity index (χ2v) is 4.71. The van der Waals surface area contributed by atoms with E-state index < -0.39 is 0 Å². The Morgan fingerprint density at radius 1 is 1.50 bits per heavy atom. The number of nitrogens with two attached hydrogens (primary N) is 1. The Hall–Kier alpha value is -1.21. The third-order valence-electron chi connectivity index (χ3n) is 1.88. The molecule has 16 heavy (non-hydrogen) atoms. The molecule has 0 bridgehead atoms. The zero-order chi connectivity index (χ0) is 11.5. The van der Waals surface area contributed by atoms with Crippen molar-refractivity contribution in [2.75, 3.05) is 11.1 Å². The summed E-state index contributed by atoms with van der Waals surface area (Å²) < 4.78 is 18.0. The molecule has 1 aromatic carbocycles. The highest BCUT2D eigenvalue weighted by Crippen LogP contribution is 2.18. The van der Waals surface area contributed by atoms with Crippen molar-refractivity contribution in [1.82, 2.24) is 9.36 Å². The van der Waals surface area contributed by atoms with Gasteiger partial charge in [0.2, 0.25) is 11.1 Å². The first-order valence-corrected chi connectivity index (χ1v) is 5.99. The lowest BCUT2D eigenvalue weighted by atomic mass is 10.2. The van der Waals surface area contributed by atoms with Crippen LogP contribution in [0.15, 0.2) is 22.7 Å². The number of hydrogen-bond acceptors (Lipinski definition) is 5. The van der Waals surface area contributed by atoms with E-state index in [-0.39, 0.29) is 11.8 Å². The van der Waals surface area contributed by atoms with Crippen LogP contribution in [0.3, 0.4) is 0 Å². The lowest BCUT2D eigenvalue weighted by Gasteiger charge is -2.04. The second-order valence-electron chi connectivity index (χ2n) is 3.05. The first-order valence-electron chi connectivity index (χ1n) is 4.42. The first kappa shape index (κ1) is 11.3. The summed E-state index contributed by atoms with van der Waals surface area (Å²) in [7, 11) is 0. The van der Waals surface area contributed by atoms with E-state index in [9.17, 15) is 4.39 Å². The van der Waals surface area contributed by atoms with E-state index in [2.05, 4.69) is 30.6 Å². The van der Waals surface area contributed by atoms with Gasteiger partial charge in [0.05, 0.1) is 0 Å². The van der Waals surface area contributed by atoms with Crippen molar-refractivity contribution in [1.29, 1.82) is 0 Å². The van der Waals surface area contributed by atoms with E-state index in [0.29, 0.717) is 17.2 Å². The molecule has 2 aromatic rings. The average Bonchev–Trinajstić information content (AvgIpc) is 2.66. The maximum absolute atomic E-state index is 13.4. The zero-order valence-corrected chi connectivity index (χ0v) is 10.5. The molecule has 0 saturated heterocycles. The summed E-state index contributed by atoms with van der Waals surface area (Å²) in [5, 5.41) is 3.53. The molecule has 3 N–H and O–H groups in total. The van der Waals surface area contributed by atoms with Crippen LogP contribution in [0.4, 0.5) is 15.5 Å². The number of hydrogen-bond donors (Lipinski definition) is 2. The third-order valence-corrected chi connectivity index (χ3v) is 3.06. The van der Waals surface area contributed by atoms with Gasteiger partial charge in [-0.15, -0.1) is 0 Å². The summed E-state index contributed by atoms with van der Waals surface area (Å²) in [6.07, 6.45) is 0. The average molecular weight is 303 g/mol. The molecule has 0 atom stereocenters. The molecule has 2 rings (SSSR count). The lowest BCUT2D eigenvalue weighted by molar-refractivity contribution is 0.612. The molecule has 0 aliphatic rings. The predicted octanol–water partition coefficient (Wildman–Crippen LogP) is 2.63. The maximum Gasteiger partial charge on any atom is 0.233 e. The fourth-order valence-corrected chi connectivity index (χ4v) is 2.06. The highest BCUT2D eigenvalue weighted by molar-refractivity contribution is 9.10. The highest BCUT2D eigenvalue weighted by atomic mass is 79.9. The first-order chi connectivity index (χ1) is 7.65. The Balaban J connectivity index is 2.07. The molecule has 84 valence electrons. The number of nitrogens with one attached hydrogen (secondary N) is 1. The van der Waals surface area contributed by atoms with E-state index in [1.165, 1.54) is 6.07 Å². The van der Waals surface area contributed by atoms with Crippen molar-refractivity contribution in [2.45, 2.75) is 6.54 Å². The summed E-state index contributed by atoms with van der Waals surface area (Å²) in [4.78, 5) is 3.92. The van der Waals surface area contributed by atoms with Gasteiger partial charge in [0.1, 0.15) is 5.82 Å². The van der Waals surface area contributed by atoms with Crippen LogP contribution in [0.2, 0.25) is 0 Å². The highest BCUT2D eigenvalue weighted by Gasteiger charge is 2.04. The topological polar surface area (TPSA) is 63.8 Å². The minimum atomic E-state index is -0.256. The van der Waals surface area contributed by atoms with Crippen LogP contribution in [0, 0.1) is 5.82 Å². The van der Waals surface area contributed by atoms with Crippen LogP contribution in [0.5, 0.6) is 0 Å². The van der Waals surface area contributed by atoms with Crippen LogP contribution in [0.1, 0.15) is 5.56 Å².